The average Bonchev–Trinajstić information content (AvgIpc) is 3.04. The Balaban J connectivity index is 1.30. The minimum atomic E-state index is -0.110. The second kappa shape index (κ2) is 9.18. The molecule has 1 saturated carbocycles. The molecular weight excluding hydrogens is 372 g/mol. The minimum Gasteiger partial charge on any atom is -0.341 e. The van der Waals surface area contributed by atoms with E-state index in [4.69, 9.17) is 0 Å². The molecule has 3 fully saturated rings. The molecular formula is C21H28N4O2S. The van der Waals surface area contributed by atoms with Crippen molar-refractivity contribution < 1.29 is 9.59 Å². The van der Waals surface area contributed by atoms with Gasteiger partial charge in [0.05, 0.1) is 17.0 Å². The van der Waals surface area contributed by atoms with Gasteiger partial charge >= 0.3 is 0 Å². The summed E-state index contributed by atoms with van der Waals surface area (Å²) in [6, 6.07) is 2.51. The highest BCUT2D eigenvalue weighted by Gasteiger charge is 2.26. The van der Waals surface area contributed by atoms with Gasteiger partial charge in [0.2, 0.25) is 11.1 Å². The summed E-state index contributed by atoms with van der Waals surface area (Å²) in [5, 5.41) is 3.70. The van der Waals surface area contributed by atoms with E-state index in [0.29, 0.717) is 10.6 Å². The lowest BCUT2D eigenvalue weighted by molar-refractivity contribution is -0.119. The number of thioether (sulfide) groups is 1. The van der Waals surface area contributed by atoms with Crippen LogP contribution in [0, 0.1) is 5.92 Å². The number of hydrogen-bond donors (Lipinski definition) is 1. The number of carbonyl (C=O) groups excluding carboxylic acids is 2. The van der Waals surface area contributed by atoms with Crippen molar-refractivity contribution in [2.45, 2.75) is 57.4 Å². The third kappa shape index (κ3) is 5.00. The van der Waals surface area contributed by atoms with Gasteiger partial charge in [0.15, 0.2) is 5.78 Å². The van der Waals surface area contributed by atoms with Crippen molar-refractivity contribution in [2.75, 3.05) is 24.5 Å². The smallest absolute Gasteiger partial charge is 0.225 e. The van der Waals surface area contributed by atoms with Crippen LogP contribution >= 0.6 is 11.8 Å². The second-order valence-electron chi connectivity index (χ2n) is 8.04. The molecule has 1 aromatic rings. The summed E-state index contributed by atoms with van der Waals surface area (Å²) in [7, 11) is 0. The summed E-state index contributed by atoms with van der Waals surface area (Å²) in [5.41, 5.74) is 0.691. The van der Waals surface area contributed by atoms with Crippen molar-refractivity contribution in [3.8, 4) is 0 Å². The molecule has 3 aliphatic rings. The maximum atomic E-state index is 11.8. The molecule has 3 heterocycles. The number of rotatable bonds is 5. The molecule has 28 heavy (non-hydrogen) atoms. The van der Waals surface area contributed by atoms with E-state index in [2.05, 4.69) is 20.2 Å². The Bertz CT molecular complexity index is 753. The summed E-state index contributed by atoms with van der Waals surface area (Å²) in [4.78, 5) is 35.0. The third-order valence-corrected chi connectivity index (χ3v) is 6.88. The van der Waals surface area contributed by atoms with Crippen molar-refractivity contribution in [3.63, 3.8) is 0 Å². The van der Waals surface area contributed by atoms with E-state index in [1.165, 1.54) is 32.1 Å². The average molecular weight is 401 g/mol. The fraction of sp³-hybridized carbons (Fsp3) is 0.619. The van der Waals surface area contributed by atoms with Crippen molar-refractivity contribution in [2.24, 2.45) is 5.92 Å². The molecule has 1 N–H and O–H groups in total. The highest BCUT2D eigenvalue weighted by Crippen LogP contribution is 2.30. The van der Waals surface area contributed by atoms with Gasteiger partial charge in [-0.25, -0.2) is 9.97 Å². The van der Waals surface area contributed by atoms with E-state index in [-0.39, 0.29) is 17.3 Å². The Morgan fingerprint density at radius 3 is 2.64 bits per heavy atom. The highest BCUT2D eigenvalue weighted by molar-refractivity contribution is 8.18. The SMILES string of the molecule is O=C1CC(=O)/C(=C/c2ccnc(N3CCC(CNC4CCCCC4)CC3)n2)S1. The number of aromatic nitrogens is 2. The number of piperidine rings is 1. The second-order valence-corrected chi connectivity index (χ2v) is 9.14. The lowest BCUT2D eigenvalue weighted by Gasteiger charge is -2.33. The molecule has 0 atom stereocenters. The van der Waals surface area contributed by atoms with Gasteiger partial charge < -0.3 is 10.2 Å². The van der Waals surface area contributed by atoms with Gasteiger partial charge in [-0.15, -0.1) is 0 Å². The summed E-state index contributed by atoms with van der Waals surface area (Å²) in [6.07, 6.45) is 12.6. The van der Waals surface area contributed by atoms with Crippen LogP contribution in [0.1, 0.15) is 57.1 Å². The first kappa shape index (κ1) is 19.6. The van der Waals surface area contributed by atoms with Crippen LogP contribution in [-0.2, 0) is 9.59 Å². The molecule has 6 nitrogen and oxygen atoms in total. The van der Waals surface area contributed by atoms with Crippen LogP contribution in [0.5, 0.6) is 0 Å². The van der Waals surface area contributed by atoms with E-state index in [0.717, 1.165) is 62.1 Å². The van der Waals surface area contributed by atoms with Gasteiger partial charge in [-0.2, -0.15) is 0 Å². The lowest BCUT2D eigenvalue weighted by atomic mass is 9.93. The Kier molecular flexibility index (Phi) is 6.42. The number of hydrogen-bond acceptors (Lipinski definition) is 7. The van der Waals surface area contributed by atoms with Crippen molar-refractivity contribution >= 4 is 34.7 Å². The molecule has 0 unspecified atom stereocenters. The van der Waals surface area contributed by atoms with Crippen LogP contribution in [0.25, 0.3) is 6.08 Å². The molecule has 7 heteroatoms. The zero-order valence-corrected chi connectivity index (χ0v) is 17.0. The number of ketones is 1. The molecule has 0 aromatic carbocycles. The molecule has 150 valence electrons. The van der Waals surface area contributed by atoms with Crippen molar-refractivity contribution in [1.82, 2.24) is 15.3 Å². The first-order valence-corrected chi connectivity index (χ1v) is 11.3. The van der Waals surface area contributed by atoms with Crippen LogP contribution in [0.3, 0.4) is 0 Å². The minimum absolute atomic E-state index is 0.00313. The number of anilines is 1. The van der Waals surface area contributed by atoms with E-state index in [9.17, 15) is 9.59 Å². The zero-order chi connectivity index (χ0) is 19.3. The van der Waals surface area contributed by atoms with E-state index in [1.54, 1.807) is 18.3 Å². The number of allylic oxidation sites excluding steroid dienone is 1. The maximum Gasteiger partial charge on any atom is 0.225 e. The third-order valence-electron chi connectivity index (χ3n) is 5.94. The maximum absolute atomic E-state index is 11.8. The Hall–Kier alpha value is -1.73. The predicted molar refractivity (Wildman–Crippen MR) is 112 cm³/mol. The van der Waals surface area contributed by atoms with Crippen LogP contribution < -0.4 is 10.2 Å². The summed E-state index contributed by atoms with van der Waals surface area (Å²) in [5.74, 6) is 1.33. The van der Waals surface area contributed by atoms with Crippen LogP contribution in [-0.4, -0.2) is 46.5 Å². The first-order valence-electron chi connectivity index (χ1n) is 10.4. The summed E-state index contributed by atoms with van der Waals surface area (Å²) in [6.45, 7) is 3.05. The molecule has 0 amide bonds. The van der Waals surface area contributed by atoms with Gasteiger partial charge in [0.1, 0.15) is 0 Å². The molecule has 4 rings (SSSR count). The van der Waals surface area contributed by atoms with Crippen molar-refractivity contribution in [1.29, 1.82) is 0 Å². The Morgan fingerprint density at radius 1 is 1.14 bits per heavy atom. The van der Waals surface area contributed by atoms with E-state index < -0.39 is 0 Å². The van der Waals surface area contributed by atoms with E-state index >= 15 is 0 Å². The van der Waals surface area contributed by atoms with E-state index in [1.807, 2.05) is 0 Å². The fourth-order valence-electron chi connectivity index (χ4n) is 4.25. The largest absolute Gasteiger partial charge is 0.341 e. The van der Waals surface area contributed by atoms with Crippen LogP contribution in [0.2, 0.25) is 0 Å². The first-order chi connectivity index (χ1) is 13.7. The van der Waals surface area contributed by atoms with Gasteiger partial charge in [-0.1, -0.05) is 19.3 Å². The number of carbonyl (C=O) groups is 2. The van der Waals surface area contributed by atoms with Crippen LogP contribution in [0.4, 0.5) is 5.95 Å². The molecule has 2 saturated heterocycles. The molecule has 0 spiro atoms. The normalized spacial score (nSPS) is 23.7. The topological polar surface area (TPSA) is 75.2 Å². The van der Waals surface area contributed by atoms with Crippen LogP contribution in [0.15, 0.2) is 17.2 Å². The monoisotopic (exact) mass is 400 g/mol. The highest BCUT2D eigenvalue weighted by atomic mass is 32.2. The zero-order valence-electron chi connectivity index (χ0n) is 16.2. The standard InChI is InChI=1S/C21H28N4O2S/c26-18-13-20(27)28-19(18)12-17-6-9-22-21(24-17)25-10-7-15(8-11-25)14-23-16-4-2-1-3-5-16/h6,9,12,15-16,23H,1-5,7-8,10-11,13-14H2/b19-12-. The lowest BCUT2D eigenvalue weighted by Crippen LogP contribution is -2.41. The van der Waals surface area contributed by atoms with Crippen molar-refractivity contribution in [3.05, 3.63) is 22.9 Å². The summed E-state index contributed by atoms with van der Waals surface area (Å²) >= 11 is 1.02. The Labute approximate surface area is 170 Å². The van der Waals surface area contributed by atoms with Gasteiger partial charge in [0, 0.05) is 25.3 Å². The number of Topliss-reactive ketones (excluding diaryl/α,β-unsaturated/α-hetero) is 1. The molecule has 0 bridgehead atoms. The molecule has 0 radical (unpaired) electrons. The Morgan fingerprint density at radius 2 is 1.93 bits per heavy atom. The predicted octanol–water partition coefficient (Wildman–Crippen LogP) is 3.19. The molecule has 2 aliphatic heterocycles. The number of nitrogens with zero attached hydrogens (tertiary/aromatic N) is 3. The quantitative estimate of drug-likeness (QED) is 0.601. The van der Waals surface area contributed by atoms with Gasteiger partial charge in [0.25, 0.3) is 0 Å². The molecule has 1 aliphatic carbocycles. The summed E-state index contributed by atoms with van der Waals surface area (Å²) < 4.78 is 0. The molecule has 1 aromatic heterocycles. The number of nitrogens with one attached hydrogen (secondary N) is 1. The van der Waals surface area contributed by atoms with Gasteiger partial charge in [-0.3, -0.25) is 9.59 Å². The fourth-order valence-corrected chi connectivity index (χ4v) is 5.06. The van der Waals surface area contributed by atoms with Gasteiger partial charge in [-0.05, 0) is 62.1 Å².